The highest BCUT2D eigenvalue weighted by atomic mass is 16.3. The lowest BCUT2D eigenvalue weighted by molar-refractivity contribution is 0.271. The number of aliphatic hydroxyl groups is 1. The van der Waals surface area contributed by atoms with Crippen LogP contribution in [-0.2, 0) is 0 Å². The highest BCUT2D eigenvalue weighted by Gasteiger charge is 2.10. The Kier molecular flexibility index (Phi) is 3.63. The maximum absolute atomic E-state index is 9.12. The Morgan fingerprint density at radius 3 is 2.89 bits per heavy atom. The van der Waals surface area contributed by atoms with Crippen molar-refractivity contribution in [3.63, 3.8) is 0 Å². The summed E-state index contributed by atoms with van der Waals surface area (Å²) in [5, 5.41) is 16.0. The van der Waals surface area contributed by atoms with Crippen LogP contribution in [0, 0.1) is 0 Å². The topological polar surface area (TPSA) is 128 Å². The molecule has 2 aromatic rings. The summed E-state index contributed by atoms with van der Waals surface area (Å²) in [6.45, 7) is 1.93. The van der Waals surface area contributed by atoms with Crippen LogP contribution in [0.3, 0.4) is 0 Å². The van der Waals surface area contributed by atoms with Gasteiger partial charge in [-0.3, -0.25) is 0 Å². The quantitative estimate of drug-likeness (QED) is 0.630. The maximum atomic E-state index is 9.12. The van der Waals surface area contributed by atoms with Crippen LogP contribution in [0.1, 0.15) is 13.3 Å². The second kappa shape index (κ2) is 5.36. The van der Waals surface area contributed by atoms with E-state index >= 15 is 0 Å². The van der Waals surface area contributed by atoms with E-state index in [1.165, 1.54) is 17.3 Å². The van der Waals surface area contributed by atoms with Crippen LogP contribution >= 0.6 is 0 Å². The van der Waals surface area contributed by atoms with Crippen LogP contribution in [0.15, 0.2) is 12.7 Å². The number of hydrogen-bond acceptors (Lipinski definition) is 8. The molecule has 2 rings (SSSR count). The van der Waals surface area contributed by atoms with Gasteiger partial charge in [-0.25, -0.2) is 4.98 Å². The molecule has 0 fully saturated rings. The molecule has 0 aliphatic heterocycles. The van der Waals surface area contributed by atoms with Gasteiger partial charge in [-0.05, 0) is 6.42 Å². The lowest BCUT2D eigenvalue weighted by Gasteiger charge is -2.14. The Bertz CT molecular complexity index is 495. The molecule has 0 aliphatic carbocycles. The molecule has 1 atom stereocenters. The first-order valence-electron chi connectivity index (χ1n) is 5.47. The van der Waals surface area contributed by atoms with Gasteiger partial charge in [0.25, 0.3) is 5.95 Å². The fourth-order valence-corrected chi connectivity index (χ4v) is 1.32. The fourth-order valence-electron chi connectivity index (χ4n) is 1.32. The minimum absolute atomic E-state index is 0.0131. The minimum atomic E-state index is -0.129. The van der Waals surface area contributed by atoms with Crippen LogP contribution in [0.2, 0.25) is 0 Å². The smallest absolute Gasteiger partial charge is 0.258 e. The normalized spacial score (nSPS) is 12.3. The first kappa shape index (κ1) is 12.2. The molecule has 0 aromatic carbocycles. The number of nitrogens with zero attached hydrogens (tertiary/aromatic N) is 6. The van der Waals surface area contributed by atoms with Gasteiger partial charge in [-0.2, -0.15) is 24.7 Å². The number of aliphatic hydroxyl groups excluding tert-OH is 1. The maximum Gasteiger partial charge on any atom is 0.258 e. The van der Waals surface area contributed by atoms with Gasteiger partial charge in [-0.1, -0.05) is 6.92 Å². The Balaban J connectivity index is 2.27. The van der Waals surface area contributed by atoms with E-state index in [2.05, 4.69) is 30.4 Å². The Morgan fingerprint density at radius 1 is 1.44 bits per heavy atom. The van der Waals surface area contributed by atoms with Gasteiger partial charge in [0.1, 0.15) is 12.7 Å². The van der Waals surface area contributed by atoms with E-state index in [1.54, 1.807) is 0 Å². The number of aromatic nitrogens is 6. The van der Waals surface area contributed by atoms with Crippen molar-refractivity contribution in [2.75, 3.05) is 17.7 Å². The summed E-state index contributed by atoms with van der Waals surface area (Å²) in [6, 6.07) is -0.129. The van der Waals surface area contributed by atoms with Gasteiger partial charge in [-0.15, -0.1) is 0 Å². The molecule has 9 heteroatoms. The number of hydrogen-bond donors (Lipinski definition) is 3. The number of rotatable bonds is 5. The molecule has 2 aromatic heterocycles. The van der Waals surface area contributed by atoms with Crippen molar-refractivity contribution in [2.24, 2.45) is 0 Å². The average Bonchev–Trinajstić information content (AvgIpc) is 2.89. The zero-order chi connectivity index (χ0) is 13.0. The van der Waals surface area contributed by atoms with Gasteiger partial charge in [0, 0.05) is 0 Å². The SMILES string of the molecule is CCC(CO)Nc1nc(N)nc(-n2cncn2)n1. The van der Waals surface area contributed by atoms with Crippen molar-refractivity contribution < 1.29 is 5.11 Å². The molecular formula is C9H14N8O. The molecule has 0 spiro atoms. The van der Waals surface area contributed by atoms with Crippen molar-refractivity contribution in [2.45, 2.75) is 19.4 Å². The predicted octanol–water partition coefficient (Wildman–Crippen LogP) is -0.783. The van der Waals surface area contributed by atoms with Crippen molar-refractivity contribution in [1.29, 1.82) is 0 Å². The van der Waals surface area contributed by atoms with Crippen molar-refractivity contribution in [1.82, 2.24) is 29.7 Å². The molecule has 4 N–H and O–H groups in total. The minimum Gasteiger partial charge on any atom is -0.394 e. The zero-order valence-electron chi connectivity index (χ0n) is 9.85. The standard InChI is InChI=1S/C9H14N8O/c1-2-6(3-18)13-8-14-7(10)15-9(16-8)17-5-11-4-12-17/h4-6,18H,2-3H2,1H3,(H3,10,13,14,15,16). The van der Waals surface area contributed by atoms with E-state index < -0.39 is 0 Å². The van der Waals surface area contributed by atoms with Crippen molar-refractivity contribution in [3.8, 4) is 5.95 Å². The molecule has 0 aliphatic rings. The zero-order valence-corrected chi connectivity index (χ0v) is 9.85. The third-order valence-electron chi connectivity index (χ3n) is 2.31. The van der Waals surface area contributed by atoms with Gasteiger partial charge in [0.05, 0.1) is 12.6 Å². The van der Waals surface area contributed by atoms with Crippen molar-refractivity contribution >= 4 is 11.9 Å². The highest BCUT2D eigenvalue weighted by molar-refractivity contribution is 5.35. The molecule has 18 heavy (non-hydrogen) atoms. The molecule has 0 saturated heterocycles. The van der Waals surface area contributed by atoms with E-state index in [9.17, 15) is 0 Å². The first-order chi connectivity index (χ1) is 8.72. The summed E-state index contributed by atoms with van der Waals surface area (Å²) >= 11 is 0. The second-order valence-corrected chi connectivity index (χ2v) is 3.59. The summed E-state index contributed by atoms with van der Waals surface area (Å²) in [7, 11) is 0. The summed E-state index contributed by atoms with van der Waals surface area (Å²) in [6.07, 6.45) is 3.57. The fraction of sp³-hybridized carbons (Fsp3) is 0.444. The monoisotopic (exact) mass is 250 g/mol. The van der Waals surface area contributed by atoms with Crippen molar-refractivity contribution in [3.05, 3.63) is 12.7 Å². The summed E-state index contributed by atoms with van der Waals surface area (Å²) in [5.41, 5.74) is 5.60. The Hall–Kier alpha value is -2.29. The van der Waals surface area contributed by atoms with Crippen LogP contribution in [0.5, 0.6) is 0 Å². The van der Waals surface area contributed by atoms with Crippen LogP contribution in [0.25, 0.3) is 5.95 Å². The number of anilines is 2. The number of nitrogens with one attached hydrogen (secondary N) is 1. The molecule has 1 unspecified atom stereocenters. The Morgan fingerprint density at radius 2 is 2.28 bits per heavy atom. The van der Waals surface area contributed by atoms with E-state index in [-0.39, 0.29) is 24.5 Å². The number of nitrogen functional groups attached to an aromatic ring is 1. The predicted molar refractivity (Wildman–Crippen MR) is 63.9 cm³/mol. The van der Waals surface area contributed by atoms with Crippen LogP contribution < -0.4 is 11.1 Å². The van der Waals surface area contributed by atoms with Gasteiger partial charge < -0.3 is 16.2 Å². The summed E-state index contributed by atoms with van der Waals surface area (Å²) < 4.78 is 1.38. The lowest BCUT2D eigenvalue weighted by atomic mass is 10.2. The van der Waals surface area contributed by atoms with Gasteiger partial charge in [0.2, 0.25) is 11.9 Å². The third-order valence-corrected chi connectivity index (χ3v) is 2.31. The van der Waals surface area contributed by atoms with E-state index in [0.717, 1.165) is 6.42 Å². The average molecular weight is 250 g/mol. The number of nitrogens with two attached hydrogens (primary N) is 1. The highest BCUT2D eigenvalue weighted by Crippen LogP contribution is 2.07. The molecular weight excluding hydrogens is 236 g/mol. The van der Waals surface area contributed by atoms with Crippen LogP contribution in [0.4, 0.5) is 11.9 Å². The largest absolute Gasteiger partial charge is 0.394 e. The molecule has 9 nitrogen and oxygen atoms in total. The molecule has 0 bridgehead atoms. The molecule has 0 amide bonds. The summed E-state index contributed by atoms with van der Waals surface area (Å²) in [5.74, 6) is 0.648. The molecule has 0 radical (unpaired) electrons. The first-order valence-corrected chi connectivity index (χ1v) is 5.47. The van der Waals surface area contributed by atoms with Gasteiger partial charge >= 0.3 is 0 Å². The lowest BCUT2D eigenvalue weighted by Crippen LogP contribution is -2.24. The summed E-state index contributed by atoms with van der Waals surface area (Å²) in [4.78, 5) is 15.8. The third kappa shape index (κ3) is 2.69. The van der Waals surface area contributed by atoms with E-state index in [0.29, 0.717) is 5.95 Å². The molecule has 96 valence electrons. The Labute approximate surface area is 103 Å². The van der Waals surface area contributed by atoms with E-state index in [4.69, 9.17) is 10.8 Å². The van der Waals surface area contributed by atoms with Gasteiger partial charge in [0.15, 0.2) is 0 Å². The van der Waals surface area contributed by atoms with Crippen LogP contribution in [-0.4, -0.2) is 47.5 Å². The molecule has 0 saturated carbocycles. The second-order valence-electron chi connectivity index (χ2n) is 3.59. The van der Waals surface area contributed by atoms with E-state index in [1.807, 2.05) is 6.92 Å². The molecule has 2 heterocycles.